The Morgan fingerprint density at radius 2 is 1.76 bits per heavy atom. The van der Waals surface area contributed by atoms with Crippen molar-refractivity contribution in [2.45, 2.75) is 20.4 Å². The molecule has 25 heavy (non-hydrogen) atoms. The lowest BCUT2D eigenvalue weighted by Crippen LogP contribution is -2.48. The number of halogens is 2. The predicted molar refractivity (Wildman–Crippen MR) is 105 cm³/mol. The second-order valence-electron chi connectivity index (χ2n) is 5.98. The van der Waals surface area contributed by atoms with E-state index < -0.39 is 0 Å². The Balaban J connectivity index is 0.00000288. The van der Waals surface area contributed by atoms with Crippen LogP contribution in [0.4, 0.5) is 5.69 Å². The van der Waals surface area contributed by atoms with Crippen molar-refractivity contribution in [2.24, 2.45) is 11.7 Å². The summed E-state index contributed by atoms with van der Waals surface area (Å²) < 4.78 is 0. The van der Waals surface area contributed by atoms with E-state index in [9.17, 15) is 9.59 Å². The van der Waals surface area contributed by atoms with Crippen molar-refractivity contribution >= 4 is 42.3 Å². The summed E-state index contributed by atoms with van der Waals surface area (Å²) in [5.74, 6) is -0.0778. The van der Waals surface area contributed by atoms with E-state index in [0.29, 0.717) is 13.1 Å². The topological polar surface area (TPSA) is 78.7 Å². The fourth-order valence-corrected chi connectivity index (χ4v) is 2.69. The largest absolute Gasteiger partial charge is 0.368 e. The Bertz CT molecular complexity index is 563. The lowest BCUT2D eigenvalue weighted by molar-refractivity contribution is -0.129. The normalized spacial score (nSPS) is 14.8. The molecule has 1 aromatic carbocycles. The van der Waals surface area contributed by atoms with Gasteiger partial charge in [0, 0.05) is 57.8 Å². The lowest BCUT2D eigenvalue weighted by Gasteiger charge is -2.36. The zero-order valence-corrected chi connectivity index (χ0v) is 16.4. The monoisotopic (exact) mass is 390 g/mol. The molecule has 1 aliphatic rings. The second-order valence-corrected chi connectivity index (χ2v) is 5.98. The zero-order chi connectivity index (χ0) is 16.8. The summed E-state index contributed by atoms with van der Waals surface area (Å²) in [5.41, 5.74) is 7.73. The standard InChI is InChI=1S/C17H26N4O2.2ClH/c1-13(11-18)17(23)19-12-15-5-3-4-6-16(15)21-9-7-20(8-10-21)14(2)22;;/h3-6,13H,7-12,18H2,1-2H3,(H,19,23);2*1H. The molecule has 3 N–H and O–H groups in total. The highest BCUT2D eigenvalue weighted by molar-refractivity contribution is 5.85. The Morgan fingerprint density at radius 3 is 2.32 bits per heavy atom. The van der Waals surface area contributed by atoms with Gasteiger partial charge >= 0.3 is 0 Å². The lowest BCUT2D eigenvalue weighted by atomic mass is 10.1. The van der Waals surface area contributed by atoms with Crippen LogP contribution in [0.3, 0.4) is 0 Å². The maximum atomic E-state index is 11.9. The Kier molecular flexibility index (Phi) is 10.5. The maximum absolute atomic E-state index is 11.9. The molecule has 142 valence electrons. The van der Waals surface area contributed by atoms with E-state index in [-0.39, 0.29) is 42.5 Å². The molecule has 0 radical (unpaired) electrons. The molecule has 8 heteroatoms. The number of amides is 2. The van der Waals surface area contributed by atoms with Crippen LogP contribution in [-0.4, -0.2) is 49.4 Å². The number of carbonyl (C=O) groups is 2. The molecule has 1 atom stereocenters. The van der Waals surface area contributed by atoms with Crippen LogP contribution in [0.5, 0.6) is 0 Å². The smallest absolute Gasteiger partial charge is 0.224 e. The summed E-state index contributed by atoms with van der Waals surface area (Å²) in [6, 6.07) is 8.07. The Morgan fingerprint density at radius 1 is 1.16 bits per heavy atom. The van der Waals surface area contributed by atoms with Crippen molar-refractivity contribution in [3.05, 3.63) is 29.8 Å². The highest BCUT2D eigenvalue weighted by atomic mass is 35.5. The van der Waals surface area contributed by atoms with Gasteiger partial charge in [0.25, 0.3) is 0 Å². The highest BCUT2D eigenvalue weighted by Gasteiger charge is 2.20. The minimum atomic E-state index is -0.179. The summed E-state index contributed by atoms with van der Waals surface area (Å²) in [7, 11) is 0. The van der Waals surface area contributed by atoms with Gasteiger partial charge in [-0.05, 0) is 11.6 Å². The number of piperazine rings is 1. The van der Waals surface area contributed by atoms with Crippen LogP contribution in [0.1, 0.15) is 19.4 Å². The van der Waals surface area contributed by atoms with Crippen molar-refractivity contribution in [3.63, 3.8) is 0 Å². The summed E-state index contributed by atoms with van der Waals surface area (Å²) in [6.45, 7) is 7.36. The number of nitrogens with one attached hydrogen (secondary N) is 1. The molecular weight excluding hydrogens is 363 g/mol. The van der Waals surface area contributed by atoms with Gasteiger partial charge in [0.05, 0.1) is 0 Å². The zero-order valence-electron chi connectivity index (χ0n) is 14.7. The number of rotatable bonds is 5. The first-order chi connectivity index (χ1) is 11.0. The minimum absolute atomic E-state index is 0. The van der Waals surface area contributed by atoms with Gasteiger partial charge in [0.1, 0.15) is 0 Å². The number of benzene rings is 1. The molecule has 0 aromatic heterocycles. The first kappa shape index (κ1) is 23.5. The van der Waals surface area contributed by atoms with Gasteiger partial charge in [-0.15, -0.1) is 24.8 Å². The molecule has 0 saturated carbocycles. The summed E-state index contributed by atoms with van der Waals surface area (Å²) in [5, 5.41) is 2.95. The Labute approximate surface area is 161 Å². The quantitative estimate of drug-likeness (QED) is 0.796. The van der Waals surface area contributed by atoms with Crippen molar-refractivity contribution in [1.29, 1.82) is 0 Å². The third-order valence-electron chi connectivity index (χ3n) is 4.31. The average molecular weight is 391 g/mol. The van der Waals surface area contributed by atoms with Crippen molar-refractivity contribution < 1.29 is 9.59 Å². The molecule has 1 unspecified atom stereocenters. The summed E-state index contributed by atoms with van der Waals surface area (Å²) in [6.07, 6.45) is 0. The van der Waals surface area contributed by atoms with Gasteiger partial charge in [-0.1, -0.05) is 25.1 Å². The van der Waals surface area contributed by atoms with Crippen LogP contribution in [0.2, 0.25) is 0 Å². The summed E-state index contributed by atoms with van der Waals surface area (Å²) >= 11 is 0. The molecule has 0 aliphatic carbocycles. The van der Waals surface area contributed by atoms with Gasteiger partial charge in [-0.3, -0.25) is 9.59 Å². The highest BCUT2D eigenvalue weighted by Crippen LogP contribution is 2.22. The number of nitrogens with two attached hydrogens (primary N) is 1. The predicted octanol–water partition coefficient (Wildman–Crippen LogP) is 1.41. The van der Waals surface area contributed by atoms with Crippen molar-refractivity contribution in [3.8, 4) is 0 Å². The molecule has 2 amide bonds. The van der Waals surface area contributed by atoms with Crippen LogP contribution in [0, 0.1) is 5.92 Å². The third-order valence-corrected chi connectivity index (χ3v) is 4.31. The van der Waals surface area contributed by atoms with Crippen molar-refractivity contribution in [1.82, 2.24) is 10.2 Å². The first-order valence-electron chi connectivity index (χ1n) is 8.09. The van der Waals surface area contributed by atoms with E-state index in [1.807, 2.05) is 30.0 Å². The molecule has 0 spiro atoms. The van der Waals surface area contributed by atoms with Gasteiger partial charge < -0.3 is 20.9 Å². The van der Waals surface area contributed by atoms with E-state index in [1.165, 1.54) is 0 Å². The number of hydrogen-bond acceptors (Lipinski definition) is 4. The van der Waals surface area contributed by atoms with Gasteiger partial charge in [0.2, 0.25) is 11.8 Å². The van der Waals surface area contributed by atoms with Crippen LogP contribution in [0.15, 0.2) is 24.3 Å². The number of para-hydroxylation sites is 1. The number of hydrogen-bond donors (Lipinski definition) is 2. The molecule has 1 heterocycles. The maximum Gasteiger partial charge on any atom is 0.224 e. The molecule has 1 aliphatic heterocycles. The van der Waals surface area contributed by atoms with E-state index in [1.54, 1.807) is 6.92 Å². The third kappa shape index (κ3) is 6.38. The molecular formula is C17H28Cl2N4O2. The fourth-order valence-electron chi connectivity index (χ4n) is 2.69. The SMILES string of the molecule is CC(=O)N1CCN(c2ccccc2CNC(=O)C(C)CN)CC1.Cl.Cl. The fraction of sp³-hybridized carbons (Fsp3) is 0.529. The minimum Gasteiger partial charge on any atom is -0.368 e. The van der Waals surface area contributed by atoms with Crippen LogP contribution in [-0.2, 0) is 16.1 Å². The van der Waals surface area contributed by atoms with Crippen LogP contribution >= 0.6 is 24.8 Å². The Hall–Kier alpha value is -1.50. The first-order valence-corrected chi connectivity index (χ1v) is 8.09. The molecule has 2 rings (SSSR count). The van der Waals surface area contributed by atoms with E-state index >= 15 is 0 Å². The number of anilines is 1. The molecule has 1 aromatic rings. The van der Waals surface area contributed by atoms with E-state index in [2.05, 4.69) is 16.3 Å². The molecule has 1 saturated heterocycles. The van der Waals surface area contributed by atoms with Gasteiger partial charge in [0.15, 0.2) is 0 Å². The molecule has 1 fully saturated rings. The average Bonchev–Trinajstić information content (AvgIpc) is 2.59. The van der Waals surface area contributed by atoms with E-state index in [4.69, 9.17) is 5.73 Å². The van der Waals surface area contributed by atoms with Crippen LogP contribution in [0.25, 0.3) is 0 Å². The van der Waals surface area contributed by atoms with Gasteiger partial charge in [-0.25, -0.2) is 0 Å². The van der Waals surface area contributed by atoms with Gasteiger partial charge in [-0.2, -0.15) is 0 Å². The van der Waals surface area contributed by atoms with Crippen molar-refractivity contribution in [2.75, 3.05) is 37.6 Å². The second kappa shape index (κ2) is 11.2. The summed E-state index contributed by atoms with van der Waals surface area (Å²) in [4.78, 5) is 27.5. The molecule has 6 nitrogen and oxygen atoms in total. The number of nitrogens with zero attached hydrogens (tertiary/aromatic N) is 2. The van der Waals surface area contributed by atoms with E-state index in [0.717, 1.165) is 37.4 Å². The number of carbonyl (C=O) groups excluding carboxylic acids is 2. The van der Waals surface area contributed by atoms with Crippen LogP contribution < -0.4 is 16.0 Å². The molecule has 0 bridgehead atoms.